The first-order chi connectivity index (χ1) is 47.0. The Kier molecular flexibility index (Phi) is 36.7. The number of allylic oxidation sites excluding steroid dienone is 6. The topological polar surface area (TPSA) is 300 Å². The molecule has 28 heteroatoms. The molecule has 3 N–H and O–H groups in total. The van der Waals surface area contributed by atoms with Crippen molar-refractivity contribution in [1.82, 2.24) is 0 Å². The fraction of sp³-hybridized carbons (Fsp3) is 0.594. The second kappa shape index (κ2) is 44.1. The van der Waals surface area contributed by atoms with Gasteiger partial charge in [0.05, 0.1) is 193 Å². The summed E-state index contributed by atoms with van der Waals surface area (Å²) in [6.45, 7) is 15.8. The van der Waals surface area contributed by atoms with E-state index in [9.17, 15) is 30.7 Å². The highest BCUT2D eigenvalue weighted by Gasteiger charge is 2.49. The summed E-state index contributed by atoms with van der Waals surface area (Å²) in [5, 5.41) is 11.7. The number of methoxy groups -OCH3 is 3. The fourth-order valence-electron chi connectivity index (χ4n) is 11.4. The molecule has 0 aliphatic carbocycles. The van der Waals surface area contributed by atoms with Crippen LogP contribution in [0, 0.1) is 0 Å². The number of rotatable bonds is 56. The number of nitrogens with zero attached hydrogens (tertiary/aromatic N) is 2. The maximum Gasteiger partial charge on any atom is 0.305 e. The molecule has 2 unspecified atom stereocenters. The van der Waals surface area contributed by atoms with Crippen molar-refractivity contribution in [2.45, 2.75) is 53.7 Å². The van der Waals surface area contributed by atoms with Gasteiger partial charge >= 0.3 is 5.97 Å². The van der Waals surface area contributed by atoms with Gasteiger partial charge in [0.2, 0.25) is 5.69 Å². The van der Waals surface area contributed by atoms with Crippen molar-refractivity contribution in [2.75, 3.05) is 231 Å². The maximum absolute atomic E-state index is 12.5. The zero-order valence-electron chi connectivity index (χ0n) is 56.8. The lowest BCUT2D eigenvalue weighted by Crippen LogP contribution is -2.33. The van der Waals surface area contributed by atoms with Crippen molar-refractivity contribution in [3.8, 4) is 0 Å². The summed E-state index contributed by atoms with van der Waals surface area (Å²) in [4.78, 5) is 12.5. The van der Waals surface area contributed by atoms with Gasteiger partial charge in [0.15, 0.2) is 12.3 Å². The van der Waals surface area contributed by atoms with E-state index in [1.807, 2.05) is 42.5 Å². The molecule has 0 amide bonds. The second-order valence-corrected chi connectivity index (χ2v) is 25.7. The van der Waals surface area contributed by atoms with Gasteiger partial charge in [-0.1, -0.05) is 36.4 Å². The Hall–Kier alpha value is -5.26. The number of fused-ring (bicyclic) bond motifs is 6. The van der Waals surface area contributed by atoms with Crippen LogP contribution in [0.3, 0.4) is 0 Å². The summed E-state index contributed by atoms with van der Waals surface area (Å²) >= 11 is 0. The molecule has 0 bridgehead atoms. The number of carboxylic acid groups (broad SMARTS) is 1. The smallest absolute Gasteiger partial charge is 0.305 e. The van der Waals surface area contributed by atoms with Crippen LogP contribution in [0.25, 0.3) is 21.5 Å². The van der Waals surface area contributed by atoms with E-state index < -0.39 is 37.0 Å². The highest BCUT2D eigenvalue weighted by molar-refractivity contribution is 7.86. The molecule has 2 aliphatic rings. The Labute approximate surface area is 571 Å². The van der Waals surface area contributed by atoms with E-state index in [1.54, 1.807) is 33.5 Å². The number of hydrogen-bond acceptors (Lipinski definition) is 22. The number of carboxylic acids is 1. The zero-order chi connectivity index (χ0) is 69.6. The van der Waals surface area contributed by atoms with Gasteiger partial charge < -0.3 is 85.8 Å². The Bertz CT molecular complexity index is 3360. The van der Waals surface area contributed by atoms with Crippen LogP contribution in [0.1, 0.15) is 44.2 Å². The van der Waals surface area contributed by atoms with Gasteiger partial charge in [-0.2, -0.15) is 21.4 Å². The van der Waals surface area contributed by atoms with E-state index in [1.165, 1.54) is 24.3 Å². The molecule has 2 aliphatic heterocycles. The van der Waals surface area contributed by atoms with Crippen molar-refractivity contribution in [3.05, 3.63) is 108 Å². The van der Waals surface area contributed by atoms with Crippen LogP contribution in [0.15, 0.2) is 107 Å². The van der Waals surface area contributed by atoms with Crippen LogP contribution < -0.4 is 4.90 Å². The molecule has 0 aromatic heterocycles. The third-order valence-electron chi connectivity index (χ3n) is 16.2. The van der Waals surface area contributed by atoms with E-state index in [-0.39, 0.29) is 29.4 Å². The minimum atomic E-state index is -4.52. The van der Waals surface area contributed by atoms with Gasteiger partial charge in [-0.05, 0) is 96.3 Å². The third kappa shape index (κ3) is 26.3. The normalized spacial score (nSPS) is 17.0. The molecule has 4 aromatic carbocycles. The van der Waals surface area contributed by atoms with E-state index in [4.69, 9.17) is 80.9 Å². The number of anilines is 1. The minimum absolute atomic E-state index is 0.0740. The standard InChI is InChI=1S/C69H100N2O24S2/c1-68(20-25-84-36-41-92-48-45-88-32-29-80-3)63(70(22-27-86-38-43-94-50-47-90-34-31-82-5)61-17-11-55-53-57(96(74,75)76)13-15-59(55)66(61)68)9-7-6-8-10-64-69(2,21-26-85-37-42-93-49-46-89-33-30-81-4)67-60-16-14-58(97(77,78)79)54-56(60)12-18-62(67)71(64)23-28-87-39-44-95-52-51-91-40-35-83-24-19-65(72)73/h6-18,53-54H,19-52H2,1-5H3,(H2-,72,73,74,75,76,77,78,79)/p+1. The Balaban J connectivity index is 1.32. The number of carbonyl (C=O) groups is 1. The number of hydrogen-bond donors (Lipinski definition) is 3. The first kappa shape index (κ1) is 80.7. The van der Waals surface area contributed by atoms with Crippen LogP contribution in [0.4, 0.5) is 11.4 Å². The predicted molar refractivity (Wildman–Crippen MR) is 363 cm³/mol. The van der Waals surface area contributed by atoms with Gasteiger partial charge in [0.25, 0.3) is 20.2 Å². The largest absolute Gasteiger partial charge is 0.481 e. The highest BCUT2D eigenvalue weighted by Crippen LogP contribution is 2.53. The zero-order valence-corrected chi connectivity index (χ0v) is 58.5. The predicted octanol–water partition coefficient (Wildman–Crippen LogP) is 7.03. The van der Waals surface area contributed by atoms with E-state index in [0.29, 0.717) is 215 Å². The Morgan fingerprint density at radius 2 is 0.845 bits per heavy atom. The third-order valence-corrected chi connectivity index (χ3v) is 17.9. The monoisotopic (exact) mass is 1410 g/mol. The first-order valence-corrected chi connectivity index (χ1v) is 35.6. The number of ether oxygens (including phenoxy) is 16. The summed E-state index contributed by atoms with van der Waals surface area (Å²) in [5.74, 6) is -0.925. The highest BCUT2D eigenvalue weighted by atomic mass is 32.2. The summed E-state index contributed by atoms with van der Waals surface area (Å²) in [5.41, 5.74) is 4.03. The molecular formula is C69H101N2O24S2+. The molecule has 0 saturated carbocycles. The average molecular weight is 1410 g/mol. The lowest BCUT2D eigenvalue weighted by molar-refractivity contribution is -0.442. The lowest BCUT2D eigenvalue weighted by Gasteiger charge is -2.31. The Morgan fingerprint density at radius 1 is 0.454 bits per heavy atom. The summed E-state index contributed by atoms with van der Waals surface area (Å²) in [7, 11) is -4.19. The second-order valence-electron chi connectivity index (χ2n) is 22.9. The van der Waals surface area contributed by atoms with Crippen LogP contribution in [0.5, 0.6) is 0 Å². The maximum atomic E-state index is 12.5. The molecule has 4 aromatic rings. The van der Waals surface area contributed by atoms with Crippen LogP contribution in [-0.2, 0) is 112 Å². The lowest BCUT2D eigenvalue weighted by atomic mass is 9.75. The SMILES string of the molecule is COCCOCCOCCOCC[N+]1=C(/C=C/C=C/C=C2/N(CCOCCOCCOCCOCCC(=O)O)c3ccc4cc(S(=O)(=O)O)ccc4c3C2(C)CCOCCOCCOCCOC)C(C)(CCOCCOCCOCCOC)c2c1ccc1cc(S(=O)(=O)O)ccc21. The number of benzene rings is 4. The quantitative estimate of drug-likeness (QED) is 0.0173. The number of aliphatic carboxylic acids is 1. The van der Waals surface area contributed by atoms with Crippen molar-refractivity contribution >= 4 is 64.8 Å². The summed E-state index contributed by atoms with van der Waals surface area (Å²) in [6, 6.07) is 16.9. The Morgan fingerprint density at radius 3 is 1.29 bits per heavy atom. The average Bonchev–Trinajstić information content (AvgIpc) is 1.59. The molecule has 542 valence electrons. The molecule has 2 atom stereocenters. The summed E-state index contributed by atoms with van der Waals surface area (Å²) < 4.78 is 163. The minimum Gasteiger partial charge on any atom is -0.481 e. The van der Waals surface area contributed by atoms with Crippen LogP contribution in [-0.4, -0.2) is 273 Å². The van der Waals surface area contributed by atoms with Crippen LogP contribution >= 0.6 is 0 Å². The van der Waals surface area contributed by atoms with Crippen molar-refractivity contribution in [2.24, 2.45) is 0 Å². The molecule has 0 fully saturated rings. The van der Waals surface area contributed by atoms with Crippen molar-refractivity contribution < 1.29 is 116 Å². The first-order valence-electron chi connectivity index (χ1n) is 32.8. The van der Waals surface area contributed by atoms with Crippen molar-refractivity contribution in [1.29, 1.82) is 0 Å². The van der Waals surface area contributed by atoms with Gasteiger partial charge in [0, 0.05) is 75.6 Å². The molecule has 0 radical (unpaired) electrons. The molecule has 26 nitrogen and oxygen atoms in total. The van der Waals surface area contributed by atoms with E-state index in [0.717, 1.165) is 44.7 Å². The van der Waals surface area contributed by atoms with Gasteiger partial charge in [-0.3, -0.25) is 13.9 Å². The van der Waals surface area contributed by atoms with Gasteiger partial charge in [-0.15, -0.1) is 0 Å². The van der Waals surface area contributed by atoms with E-state index >= 15 is 0 Å². The molecule has 97 heavy (non-hydrogen) atoms. The molecule has 2 heterocycles. The molecular weight excluding hydrogens is 1300 g/mol. The van der Waals surface area contributed by atoms with Gasteiger partial charge in [-0.25, -0.2) is 0 Å². The molecule has 0 spiro atoms. The summed E-state index contributed by atoms with van der Waals surface area (Å²) in [6.07, 6.45) is 11.0. The van der Waals surface area contributed by atoms with Gasteiger partial charge in [0.1, 0.15) is 6.61 Å². The van der Waals surface area contributed by atoms with E-state index in [2.05, 4.69) is 35.5 Å². The van der Waals surface area contributed by atoms with Crippen molar-refractivity contribution in [3.63, 3.8) is 0 Å². The molecule has 0 saturated heterocycles. The van der Waals surface area contributed by atoms with Crippen LogP contribution in [0.2, 0.25) is 0 Å². The molecule has 6 rings (SSSR count). The fourth-order valence-corrected chi connectivity index (χ4v) is 12.4.